The van der Waals surface area contributed by atoms with E-state index in [1.54, 1.807) is 0 Å². The van der Waals surface area contributed by atoms with Crippen molar-refractivity contribution in [3.05, 3.63) is 60.0 Å². The number of aromatic nitrogens is 2. The Labute approximate surface area is 188 Å². The second-order valence-electron chi connectivity index (χ2n) is 8.40. The van der Waals surface area contributed by atoms with Crippen LogP contribution in [0.25, 0.3) is 11.4 Å². The quantitative estimate of drug-likeness (QED) is 0.605. The molecule has 7 heteroatoms. The number of fused-ring (bicyclic) bond motifs is 1. The number of carbonyl (C=O) groups excluding carboxylic acids is 1. The van der Waals surface area contributed by atoms with Gasteiger partial charge in [-0.15, -0.1) is 0 Å². The zero-order valence-electron chi connectivity index (χ0n) is 18.4. The van der Waals surface area contributed by atoms with Gasteiger partial charge >= 0.3 is 0 Å². The van der Waals surface area contributed by atoms with Crippen LogP contribution in [0.3, 0.4) is 0 Å². The highest BCUT2D eigenvalue weighted by molar-refractivity contribution is 5.83. The molecule has 1 unspecified atom stereocenters. The van der Waals surface area contributed by atoms with E-state index >= 15 is 0 Å². The number of anilines is 1. The zero-order chi connectivity index (χ0) is 21.9. The molecule has 1 aromatic heterocycles. The number of nitrogens with zero attached hydrogens (tertiary/aromatic N) is 4. The Morgan fingerprint density at radius 2 is 1.84 bits per heavy atom. The molecule has 32 heavy (non-hydrogen) atoms. The number of likely N-dealkylation sites (tertiary alicyclic amines) is 1. The zero-order valence-corrected chi connectivity index (χ0v) is 18.4. The monoisotopic (exact) mass is 432 g/mol. The van der Waals surface area contributed by atoms with Gasteiger partial charge in [0.2, 0.25) is 11.7 Å². The highest BCUT2D eigenvalue weighted by Gasteiger charge is 2.34. The third-order valence-corrected chi connectivity index (χ3v) is 6.22. The van der Waals surface area contributed by atoms with Gasteiger partial charge in [0, 0.05) is 18.7 Å². The third-order valence-electron chi connectivity index (χ3n) is 6.22. The van der Waals surface area contributed by atoms with Crippen LogP contribution < -0.4 is 9.64 Å². The molecule has 2 aliphatic heterocycles. The van der Waals surface area contributed by atoms with Gasteiger partial charge in [-0.2, -0.15) is 4.98 Å². The van der Waals surface area contributed by atoms with E-state index in [4.69, 9.17) is 9.26 Å². The van der Waals surface area contributed by atoms with Crippen LogP contribution in [0.4, 0.5) is 5.69 Å². The van der Waals surface area contributed by atoms with Crippen LogP contribution in [-0.4, -0.2) is 46.7 Å². The molecule has 2 aromatic carbocycles. The Hall–Kier alpha value is -3.35. The van der Waals surface area contributed by atoms with E-state index in [2.05, 4.69) is 34.1 Å². The maximum absolute atomic E-state index is 13.1. The van der Waals surface area contributed by atoms with Crippen molar-refractivity contribution in [2.45, 2.75) is 45.3 Å². The largest absolute Gasteiger partial charge is 0.477 e. The number of para-hydroxylation sites is 2. The minimum atomic E-state index is -0.535. The number of aryl methyl sites for hydroxylation is 1. The van der Waals surface area contributed by atoms with Crippen molar-refractivity contribution in [2.75, 3.05) is 24.5 Å². The number of amides is 1. The summed E-state index contributed by atoms with van der Waals surface area (Å²) in [4.78, 5) is 21.8. The van der Waals surface area contributed by atoms with Crippen molar-refractivity contribution in [1.29, 1.82) is 0 Å². The van der Waals surface area contributed by atoms with Crippen molar-refractivity contribution in [2.24, 2.45) is 0 Å². The summed E-state index contributed by atoms with van der Waals surface area (Å²) in [5.74, 6) is 1.86. The summed E-state index contributed by atoms with van der Waals surface area (Å²) in [5.41, 5.74) is 3.13. The Morgan fingerprint density at radius 1 is 1.06 bits per heavy atom. The number of hydrogen-bond acceptors (Lipinski definition) is 6. The number of hydrogen-bond donors (Lipinski definition) is 0. The molecular weight excluding hydrogens is 404 g/mol. The van der Waals surface area contributed by atoms with E-state index < -0.39 is 6.10 Å². The average molecular weight is 433 g/mol. The van der Waals surface area contributed by atoms with Gasteiger partial charge in [0.25, 0.3) is 5.91 Å². The van der Waals surface area contributed by atoms with Crippen LogP contribution >= 0.6 is 0 Å². The fourth-order valence-corrected chi connectivity index (χ4v) is 4.39. The van der Waals surface area contributed by atoms with E-state index in [1.807, 2.05) is 41.3 Å². The first-order valence-electron chi connectivity index (χ1n) is 11.4. The summed E-state index contributed by atoms with van der Waals surface area (Å²) in [6.07, 6.45) is 3.76. The first kappa shape index (κ1) is 20.5. The number of benzene rings is 2. The van der Waals surface area contributed by atoms with Gasteiger partial charge in [0.15, 0.2) is 6.10 Å². The van der Waals surface area contributed by atoms with E-state index in [1.165, 1.54) is 12.0 Å². The van der Waals surface area contributed by atoms with Gasteiger partial charge in [0.1, 0.15) is 5.75 Å². The number of carbonyl (C=O) groups is 1. The lowest BCUT2D eigenvalue weighted by Crippen LogP contribution is -2.51. The molecule has 0 radical (unpaired) electrons. The first-order valence-corrected chi connectivity index (χ1v) is 11.4. The fourth-order valence-electron chi connectivity index (χ4n) is 4.39. The molecule has 5 rings (SSSR count). The highest BCUT2D eigenvalue weighted by atomic mass is 16.5. The van der Waals surface area contributed by atoms with Gasteiger partial charge in [-0.05, 0) is 43.4 Å². The predicted octanol–water partition coefficient (Wildman–Crippen LogP) is 4.08. The lowest BCUT2D eigenvalue weighted by atomic mass is 10.1. The maximum atomic E-state index is 13.1. The third kappa shape index (κ3) is 4.20. The molecular formula is C25H28N4O3. The minimum absolute atomic E-state index is 0.0615. The summed E-state index contributed by atoms with van der Waals surface area (Å²) >= 11 is 0. The fraction of sp³-hybridized carbons (Fsp3) is 0.400. The number of rotatable bonds is 5. The van der Waals surface area contributed by atoms with Gasteiger partial charge < -0.3 is 19.1 Å². The molecule has 1 saturated heterocycles. The van der Waals surface area contributed by atoms with Crippen LogP contribution in [0.5, 0.6) is 5.75 Å². The number of piperidine rings is 1. The average Bonchev–Trinajstić information content (AvgIpc) is 3.32. The van der Waals surface area contributed by atoms with Crippen molar-refractivity contribution >= 4 is 11.6 Å². The Bertz CT molecular complexity index is 1070. The van der Waals surface area contributed by atoms with Gasteiger partial charge in [0.05, 0.1) is 18.8 Å². The SMILES string of the molecule is CCc1ccc(-c2noc(CN3CC(C(=O)N4CCCCC4)Oc4ccccc43)n2)cc1. The summed E-state index contributed by atoms with van der Waals surface area (Å²) in [6, 6.07) is 16.0. The Balaban J connectivity index is 1.35. The predicted molar refractivity (Wildman–Crippen MR) is 121 cm³/mol. The molecule has 1 fully saturated rings. The summed E-state index contributed by atoms with van der Waals surface area (Å²) in [6.45, 7) is 4.62. The topological polar surface area (TPSA) is 71.7 Å². The van der Waals surface area contributed by atoms with Crippen LogP contribution in [0, 0.1) is 0 Å². The van der Waals surface area contributed by atoms with Gasteiger partial charge in [-0.3, -0.25) is 4.79 Å². The minimum Gasteiger partial charge on any atom is -0.477 e. The van der Waals surface area contributed by atoms with Crippen LogP contribution in [0.1, 0.15) is 37.6 Å². The molecule has 7 nitrogen and oxygen atoms in total. The van der Waals surface area contributed by atoms with E-state index in [0.29, 0.717) is 30.6 Å². The van der Waals surface area contributed by atoms with Crippen molar-refractivity contribution in [3.8, 4) is 17.1 Å². The molecule has 1 atom stereocenters. The molecule has 0 spiro atoms. The summed E-state index contributed by atoms with van der Waals surface area (Å²) in [7, 11) is 0. The highest BCUT2D eigenvalue weighted by Crippen LogP contribution is 2.34. The molecule has 2 aliphatic rings. The standard InChI is InChI=1S/C25H28N4O3/c1-2-18-10-12-19(13-11-18)24-26-23(32-27-24)17-29-16-22(25(30)28-14-6-3-7-15-28)31-21-9-5-4-8-20(21)29/h4-5,8-13,22H,2-3,6-7,14-17H2,1H3. The van der Waals surface area contributed by atoms with Crippen molar-refractivity contribution in [3.63, 3.8) is 0 Å². The molecule has 3 heterocycles. The smallest absolute Gasteiger partial charge is 0.265 e. The van der Waals surface area contributed by atoms with E-state index in [-0.39, 0.29) is 5.91 Å². The molecule has 1 amide bonds. The second kappa shape index (κ2) is 9.02. The first-order chi connectivity index (χ1) is 15.7. The number of ether oxygens (including phenoxy) is 1. The Morgan fingerprint density at radius 3 is 2.62 bits per heavy atom. The summed E-state index contributed by atoms with van der Waals surface area (Å²) < 4.78 is 11.7. The van der Waals surface area contributed by atoms with E-state index in [9.17, 15) is 4.79 Å². The van der Waals surface area contributed by atoms with Crippen LogP contribution in [-0.2, 0) is 17.8 Å². The second-order valence-corrected chi connectivity index (χ2v) is 8.40. The molecule has 0 N–H and O–H groups in total. The molecule has 3 aromatic rings. The lowest BCUT2D eigenvalue weighted by molar-refractivity contribution is -0.139. The molecule has 0 bridgehead atoms. The molecule has 0 aliphatic carbocycles. The normalized spacial score (nSPS) is 18.2. The van der Waals surface area contributed by atoms with Crippen molar-refractivity contribution in [1.82, 2.24) is 15.0 Å². The van der Waals surface area contributed by atoms with Crippen LogP contribution in [0.2, 0.25) is 0 Å². The van der Waals surface area contributed by atoms with Gasteiger partial charge in [-0.1, -0.05) is 48.5 Å². The van der Waals surface area contributed by atoms with E-state index in [0.717, 1.165) is 43.6 Å². The molecule has 0 saturated carbocycles. The maximum Gasteiger partial charge on any atom is 0.265 e. The summed E-state index contributed by atoms with van der Waals surface area (Å²) in [5, 5.41) is 4.17. The molecule has 166 valence electrons. The van der Waals surface area contributed by atoms with Crippen LogP contribution in [0.15, 0.2) is 53.1 Å². The van der Waals surface area contributed by atoms with Crippen molar-refractivity contribution < 1.29 is 14.1 Å². The Kier molecular flexibility index (Phi) is 5.79. The lowest BCUT2D eigenvalue weighted by Gasteiger charge is -2.37. The van der Waals surface area contributed by atoms with Gasteiger partial charge in [-0.25, -0.2) is 0 Å².